The highest BCUT2D eigenvalue weighted by molar-refractivity contribution is 7.92. The van der Waals surface area contributed by atoms with E-state index in [1.807, 2.05) is 0 Å². The number of alkyl halides is 3. The molecule has 27 heavy (non-hydrogen) atoms. The molecule has 1 N–H and O–H groups in total. The van der Waals surface area contributed by atoms with Crippen LogP contribution in [0.25, 0.3) is 0 Å². The van der Waals surface area contributed by atoms with Gasteiger partial charge in [-0.15, -0.1) is 0 Å². The Morgan fingerprint density at radius 2 is 1.81 bits per heavy atom. The average molecular weight is 419 g/mol. The van der Waals surface area contributed by atoms with Crippen molar-refractivity contribution in [2.75, 3.05) is 16.2 Å². The van der Waals surface area contributed by atoms with Crippen LogP contribution in [0.15, 0.2) is 47.4 Å². The lowest BCUT2D eigenvalue weighted by molar-refractivity contribution is -0.139. The van der Waals surface area contributed by atoms with E-state index in [2.05, 4.69) is 4.72 Å². The van der Waals surface area contributed by atoms with Crippen LogP contribution in [-0.4, -0.2) is 20.9 Å². The van der Waals surface area contributed by atoms with Crippen LogP contribution in [0.4, 0.5) is 24.5 Å². The zero-order valence-corrected chi connectivity index (χ0v) is 15.3. The fourth-order valence-electron chi connectivity index (χ4n) is 2.86. The van der Waals surface area contributed by atoms with E-state index in [0.717, 1.165) is 12.1 Å². The minimum Gasteiger partial charge on any atom is -0.310 e. The number of carbonyl (C=O) groups is 1. The van der Waals surface area contributed by atoms with E-state index in [1.54, 1.807) is 6.07 Å². The summed E-state index contributed by atoms with van der Waals surface area (Å²) >= 11 is 5.60. The van der Waals surface area contributed by atoms with Gasteiger partial charge in [-0.25, -0.2) is 8.42 Å². The van der Waals surface area contributed by atoms with E-state index >= 15 is 0 Å². The molecular formula is C17H14ClF3N2O3S. The molecule has 1 aliphatic rings. The maximum absolute atomic E-state index is 13.3. The number of nitrogens with zero attached hydrogens (tertiary/aromatic N) is 1. The predicted molar refractivity (Wildman–Crippen MR) is 95.3 cm³/mol. The van der Waals surface area contributed by atoms with Crippen molar-refractivity contribution in [3.8, 4) is 0 Å². The van der Waals surface area contributed by atoms with Gasteiger partial charge in [0.05, 0.1) is 21.8 Å². The normalized spacial score (nSPS) is 15.3. The Hall–Kier alpha value is -2.26. The molecule has 0 unspecified atom stereocenters. The van der Waals surface area contributed by atoms with E-state index in [-0.39, 0.29) is 16.6 Å². The Bertz CT molecular complexity index is 993. The monoisotopic (exact) mass is 418 g/mol. The summed E-state index contributed by atoms with van der Waals surface area (Å²) in [4.78, 5) is 12.4. The number of sulfonamides is 1. The van der Waals surface area contributed by atoms with Crippen molar-refractivity contribution in [3.63, 3.8) is 0 Å². The van der Waals surface area contributed by atoms with Gasteiger partial charge in [0.1, 0.15) is 0 Å². The van der Waals surface area contributed by atoms with Gasteiger partial charge in [0, 0.05) is 18.0 Å². The largest absolute Gasteiger partial charge is 0.417 e. The third-order valence-corrected chi connectivity index (χ3v) is 5.71. The van der Waals surface area contributed by atoms with Crippen LogP contribution in [0.1, 0.15) is 18.4 Å². The molecule has 2 aromatic carbocycles. The fourth-order valence-corrected chi connectivity index (χ4v) is 4.31. The lowest BCUT2D eigenvalue weighted by atomic mass is 10.2. The predicted octanol–water partition coefficient (Wildman–Crippen LogP) is 4.29. The van der Waals surface area contributed by atoms with Gasteiger partial charge < -0.3 is 4.90 Å². The molecule has 1 heterocycles. The molecule has 10 heteroatoms. The number of carbonyl (C=O) groups excluding carboxylic acids is 1. The number of amides is 1. The van der Waals surface area contributed by atoms with Crippen LogP contribution in [0.5, 0.6) is 0 Å². The molecule has 0 atom stereocenters. The molecule has 0 bridgehead atoms. The number of para-hydroxylation sites is 2. The van der Waals surface area contributed by atoms with Crippen molar-refractivity contribution in [1.29, 1.82) is 0 Å². The van der Waals surface area contributed by atoms with Crippen molar-refractivity contribution in [2.24, 2.45) is 0 Å². The molecule has 0 spiro atoms. The number of halogens is 4. The first kappa shape index (κ1) is 19.5. The highest BCUT2D eigenvalue weighted by Gasteiger charge is 2.38. The smallest absolute Gasteiger partial charge is 0.310 e. The summed E-state index contributed by atoms with van der Waals surface area (Å²) in [6.07, 6.45) is -3.95. The molecule has 1 saturated heterocycles. The molecule has 1 aliphatic heterocycles. The van der Waals surface area contributed by atoms with Gasteiger partial charge in [0.25, 0.3) is 10.0 Å². The second-order valence-electron chi connectivity index (χ2n) is 5.91. The third-order valence-electron chi connectivity index (χ3n) is 4.05. The summed E-state index contributed by atoms with van der Waals surface area (Å²) in [5, 5.41) is -0.232. The second kappa shape index (κ2) is 7.05. The van der Waals surface area contributed by atoms with Gasteiger partial charge in [-0.3, -0.25) is 9.52 Å². The SMILES string of the molecule is O=C1CCCN1c1ccccc1NS(=O)(=O)c1ccc(Cl)cc1C(F)(F)F. The van der Waals surface area contributed by atoms with Crippen molar-refractivity contribution in [1.82, 2.24) is 0 Å². The van der Waals surface area contributed by atoms with Gasteiger partial charge in [-0.1, -0.05) is 23.7 Å². The standard InChI is InChI=1S/C17H14ClF3N2O3S/c18-11-7-8-15(12(10-11)17(19,20)21)27(25,26)22-13-4-1-2-5-14(13)23-9-3-6-16(23)24/h1-2,4-5,7-8,10,22H,3,6,9H2. The third kappa shape index (κ3) is 4.03. The molecule has 3 rings (SSSR count). The second-order valence-corrected chi connectivity index (χ2v) is 8.00. The molecule has 1 amide bonds. The van der Waals surface area contributed by atoms with Crippen LogP contribution >= 0.6 is 11.6 Å². The first-order valence-electron chi connectivity index (χ1n) is 7.88. The summed E-state index contributed by atoms with van der Waals surface area (Å²) in [6.45, 7) is 0.409. The average Bonchev–Trinajstić information content (AvgIpc) is 3.00. The molecule has 144 valence electrons. The lowest BCUT2D eigenvalue weighted by Crippen LogP contribution is -2.26. The van der Waals surface area contributed by atoms with Crippen LogP contribution in [0, 0.1) is 0 Å². The number of hydrogen-bond donors (Lipinski definition) is 1. The molecule has 0 radical (unpaired) electrons. The van der Waals surface area contributed by atoms with Crippen molar-refractivity contribution in [3.05, 3.63) is 53.1 Å². The Morgan fingerprint density at radius 1 is 1.11 bits per heavy atom. The van der Waals surface area contributed by atoms with Crippen LogP contribution < -0.4 is 9.62 Å². The number of benzene rings is 2. The number of rotatable bonds is 4. The van der Waals surface area contributed by atoms with Gasteiger partial charge in [0.15, 0.2) is 0 Å². The number of anilines is 2. The van der Waals surface area contributed by atoms with Crippen LogP contribution in [0.2, 0.25) is 5.02 Å². The summed E-state index contributed by atoms with van der Waals surface area (Å²) in [6, 6.07) is 8.50. The van der Waals surface area contributed by atoms with Crippen LogP contribution in [-0.2, 0) is 21.0 Å². The maximum atomic E-state index is 13.3. The summed E-state index contributed by atoms with van der Waals surface area (Å²) < 4.78 is 67.3. The molecule has 0 saturated carbocycles. The van der Waals surface area contributed by atoms with E-state index in [1.165, 1.54) is 23.1 Å². The van der Waals surface area contributed by atoms with E-state index in [9.17, 15) is 26.4 Å². The van der Waals surface area contributed by atoms with Crippen LogP contribution in [0.3, 0.4) is 0 Å². The number of hydrogen-bond acceptors (Lipinski definition) is 3. The lowest BCUT2D eigenvalue weighted by Gasteiger charge is -2.21. The zero-order valence-electron chi connectivity index (χ0n) is 13.8. The van der Waals surface area contributed by atoms with E-state index in [4.69, 9.17) is 11.6 Å². The van der Waals surface area contributed by atoms with Gasteiger partial charge >= 0.3 is 6.18 Å². The van der Waals surface area contributed by atoms with Gasteiger partial charge in [-0.2, -0.15) is 13.2 Å². The summed E-state index contributed by atoms with van der Waals surface area (Å²) in [7, 11) is -4.58. The summed E-state index contributed by atoms with van der Waals surface area (Å²) in [5.41, 5.74) is -1.04. The molecule has 1 fully saturated rings. The fraction of sp³-hybridized carbons (Fsp3) is 0.235. The quantitative estimate of drug-likeness (QED) is 0.805. The topological polar surface area (TPSA) is 66.5 Å². The van der Waals surface area contributed by atoms with Crippen molar-refractivity contribution in [2.45, 2.75) is 23.9 Å². The van der Waals surface area contributed by atoms with Crippen molar-refractivity contribution >= 4 is 38.9 Å². The minimum absolute atomic E-state index is 0.0239. The summed E-state index contributed by atoms with van der Waals surface area (Å²) in [5.74, 6) is -0.177. The highest BCUT2D eigenvalue weighted by atomic mass is 35.5. The maximum Gasteiger partial charge on any atom is 0.417 e. The first-order valence-corrected chi connectivity index (χ1v) is 9.75. The van der Waals surface area contributed by atoms with E-state index in [0.29, 0.717) is 31.1 Å². The number of nitrogens with one attached hydrogen (secondary N) is 1. The van der Waals surface area contributed by atoms with E-state index < -0.39 is 26.7 Å². The highest BCUT2D eigenvalue weighted by Crippen LogP contribution is 2.37. The Labute approximate surface area is 158 Å². The van der Waals surface area contributed by atoms with Gasteiger partial charge in [0.2, 0.25) is 5.91 Å². The minimum atomic E-state index is -4.90. The molecular weight excluding hydrogens is 405 g/mol. The Kier molecular flexibility index (Phi) is 5.09. The molecule has 5 nitrogen and oxygen atoms in total. The Morgan fingerprint density at radius 3 is 2.44 bits per heavy atom. The Balaban J connectivity index is 2.04. The van der Waals surface area contributed by atoms with Gasteiger partial charge in [-0.05, 0) is 36.8 Å². The first-order chi connectivity index (χ1) is 12.6. The molecule has 0 aliphatic carbocycles. The van der Waals surface area contributed by atoms with Crippen molar-refractivity contribution < 1.29 is 26.4 Å². The zero-order chi connectivity index (χ0) is 19.8. The molecule has 2 aromatic rings. The molecule has 0 aromatic heterocycles.